The lowest BCUT2D eigenvalue weighted by Gasteiger charge is -2.16. The van der Waals surface area contributed by atoms with Gasteiger partial charge < -0.3 is 21.7 Å². The Morgan fingerprint density at radius 3 is 2.28 bits per heavy atom. The minimum Gasteiger partial charge on any atom is -0.356 e. The van der Waals surface area contributed by atoms with Gasteiger partial charge >= 0.3 is 6.03 Å². The lowest BCUT2D eigenvalue weighted by Crippen LogP contribution is -2.36. The highest BCUT2D eigenvalue weighted by molar-refractivity contribution is 8.00. The molecule has 0 spiro atoms. The molecule has 6 nitrogen and oxygen atoms in total. The Morgan fingerprint density at radius 1 is 0.931 bits per heavy atom. The second-order valence-electron chi connectivity index (χ2n) is 8.54. The topological polar surface area (TPSA) is 96.2 Å². The number of carbonyl (C=O) groups is 2. The summed E-state index contributed by atoms with van der Waals surface area (Å²) in [4.78, 5) is 23.3. The van der Waals surface area contributed by atoms with Gasteiger partial charge in [-0.2, -0.15) is 11.8 Å². The molecule has 2 heterocycles. The SMILES string of the molecule is NCCCCCCCCCCCCNC(=O)CCCC[C@@H]1SC[C@@H]2NC(=O)N[C@@H]21. The summed E-state index contributed by atoms with van der Waals surface area (Å²) in [6.45, 7) is 1.65. The number of nitrogens with two attached hydrogens (primary N) is 1. The fourth-order valence-corrected chi connectivity index (χ4v) is 5.82. The van der Waals surface area contributed by atoms with E-state index < -0.39 is 0 Å². The van der Waals surface area contributed by atoms with Gasteiger partial charge in [0, 0.05) is 24.0 Å². The highest BCUT2D eigenvalue weighted by atomic mass is 32.2. The maximum Gasteiger partial charge on any atom is 0.315 e. The van der Waals surface area contributed by atoms with Crippen LogP contribution in [0.3, 0.4) is 0 Å². The van der Waals surface area contributed by atoms with E-state index in [1.54, 1.807) is 0 Å². The van der Waals surface area contributed by atoms with Crippen molar-refractivity contribution in [1.29, 1.82) is 0 Å². The minimum absolute atomic E-state index is 0.0250. The molecule has 2 rings (SSSR count). The van der Waals surface area contributed by atoms with E-state index in [2.05, 4.69) is 16.0 Å². The van der Waals surface area contributed by atoms with Crippen molar-refractivity contribution in [3.63, 3.8) is 0 Å². The van der Waals surface area contributed by atoms with E-state index in [4.69, 9.17) is 5.73 Å². The number of rotatable bonds is 17. The van der Waals surface area contributed by atoms with Gasteiger partial charge in [-0.15, -0.1) is 0 Å². The number of unbranched alkanes of at least 4 members (excludes halogenated alkanes) is 10. The Morgan fingerprint density at radius 2 is 1.59 bits per heavy atom. The Hall–Kier alpha value is -0.950. The standard InChI is InChI=1S/C22H42N4O2S/c23-15-11-7-5-3-1-2-4-6-8-12-16-24-20(27)14-10-9-13-19-21-18(17-29-19)25-22(28)26-21/h18-19,21H,1-17,23H2,(H,24,27)(H2,25,26,28)/t18-,19-,21-/m0/s1. The molecule has 2 aliphatic rings. The monoisotopic (exact) mass is 426 g/mol. The van der Waals surface area contributed by atoms with Crippen LogP contribution in [0, 0.1) is 0 Å². The van der Waals surface area contributed by atoms with Crippen LogP contribution in [0.25, 0.3) is 0 Å². The number of fused-ring (bicyclic) bond motifs is 1. The Kier molecular flexibility index (Phi) is 12.5. The predicted octanol–water partition coefficient (Wildman–Crippen LogP) is 3.69. The summed E-state index contributed by atoms with van der Waals surface area (Å²) in [7, 11) is 0. The summed E-state index contributed by atoms with van der Waals surface area (Å²) >= 11 is 1.94. The Labute approximate surface area is 181 Å². The van der Waals surface area contributed by atoms with E-state index in [1.165, 1.54) is 57.8 Å². The summed E-state index contributed by atoms with van der Waals surface area (Å²) in [5.41, 5.74) is 5.50. The molecule has 0 saturated carbocycles. The third-order valence-electron chi connectivity index (χ3n) is 6.03. The lowest BCUT2D eigenvalue weighted by atomic mass is 10.0. The molecule has 3 amide bonds. The smallest absolute Gasteiger partial charge is 0.315 e. The Balaban J connectivity index is 1.33. The van der Waals surface area contributed by atoms with Gasteiger partial charge in [-0.25, -0.2) is 4.79 Å². The van der Waals surface area contributed by atoms with Gasteiger partial charge in [0.1, 0.15) is 0 Å². The van der Waals surface area contributed by atoms with Crippen LogP contribution < -0.4 is 21.7 Å². The van der Waals surface area contributed by atoms with Gasteiger partial charge in [0.2, 0.25) is 5.91 Å². The van der Waals surface area contributed by atoms with Gasteiger partial charge in [0.25, 0.3) is 0 Å². The molecule has 2 fully saturated rings. The fraction of sp³-hybridized carbons (Fsp3) is 0.909. The number of carbonyl (C=O) groups excluding carboxylic acids is 2. The lowest BCUT2D eigenvalue weighted by molar-refractivity contribution is -0.121. The number of amides is 3. The molecule has 0 radical (unpaired) electrons. The van der Waals surface area contributed by atoms with E-state index in [1.807, 2.05) is 11.8 Å². The van der Waals surface area contributed by atoms with E-state index >= 15 is 0 Å². The zero-order chi connectivity index (χ0) is 20.7. The third kappa shape index (κ3) is 10.1. The average Bonchev–Trinajstić information content (AvgIpc) is 3.25. The van der Waals surface area contributed by atoms with Crippen molar-refractivity contribution in [1.82, 2.24) is 16.0 Å². The van der Waals surface area contributed by atoms with E-state index in [0.717, 1.165) is 44.5 Å². The van der Waals surface area contributed by atoms with Crippen LogP contribution in [0.2, 0.25) is 0 Å². The summed E-state index contributed by atoms with van der Waals surface area (Å²) in [5.74, 6) is 1.19. The Bertz CT molecular complexity index is 478. The van der Waals surface area contributed by atoms with Crippen molar-refractivity contribution >= 4 is 23.7 Å². The van der Waals surface area contributed by atoms with Gasteiger partial charge in [-0.05, 0) is 32.2 Å². The molecule has 0 aromatic carbocycles. The predicted molar refractivity (Wildman–Crippen MR) is 122 cm³/mol. The number of thioether (sulfide) groups is 1. The second-order valence-corrected chi connectivity index (χ2v) is 9.81. The molecule has 3 atom stereocenters. The first kappa shape index (κ1) is 24.3. The van der Waals surface area contributed by atoms with Crippen molar-refractivity contribution in [2.75, 3.05) is 18.8 Å². The minimum atomic E-state index is -0.0250. The van der Waals surface area contributed by atoms with Crippen molar-refractivity contribution in [3.8, 4) is 0 Å². The molecule has 2 aliphatic heterocycles. The molecule has 0 aliphatic carbocycles. The van der Waals surface area contributed by atoms with Crippen LogP contribution in [-0.2, 0) is 4.79 Å². The van der Waals surface area contributed by atoms with E-state index in [-0.39, 0.29) is 18.0 Å². The summed E-state index contributed by atoms with van der Waals surface area (Å²) < 4.78 is 0. The molecular formula is C22H42N4O2S. The van der Waals surface area contributed by atoms with Gasteiger partial charge in [-0.1, -0.05) is 57.8 Å². The molecule has 0 aromatic heterocycles. The molecule has 0 aromatic rings. The van der Waals surface area contributed by atoms with Crippen LogP contribution in [0.4, 0.5) is 4.79 Å². The normalized spacial score (nSPS) is 22.9. The van der Waals surface area contributed by atoms with Crippen LogP contribution >= 0.6 is 11.8 Å². The molecule has 2 saturated heterocycles. The largest absolute Gasteiger partial charge is 0.356 e. The average molecular weight is 427 g/mol. The summed E-state index contributed by atoms with van der Waals surface area (Å²) in [5, 5.41) is 9.56. The highest BCUT2D eigenvalue weighted by Crippen LogP contribution is 2.33. The van der Waals surface area contributed by atoms with E-state index in [9.17, 15) is 9.59 Å². The first-order valence-corrected chi connectivity index (χ1v) is 12.9. The molecule has 7 heteroatoms. The molecule has 168 valence electrons. The van der Waals surface area contributed by atoms with Crippen molar-refractivity contribution < 1.29 is 9.59 Å². The van der Waals surface area contributed by atoms with Crippen LogP contribution in [0.5, 0.6) is 0 Å². The zero-order valence-electron chi connectivity index (χ0n) is 18.1. The molecule has 5 N–H and O–H groups in total. The van der Waals surface area contributed by atoms with Gasteiger partial charge in [-0.3, -0.25) is 4.79 Å². The van der Waals surface area contributed by atoms with Crippen molar-refractivity contribution in [3.05, 3.63) is 0 Å². The molecular weight excluding hydrogens is 384 g/mol. The van der Waals surface area contributed by atoms with Crippen molar-refractivity contribution in [2.24, 2.45) is 5.73 Å². The first-order chi connectivity index (χ1) is 14.2. The quantitative estimate of drug-likeness (QED) is 0.211. The van der Waals surface area contributed by atoms with Gasteiger partial charge in [0.05, 0.1) is 12.1 Å². The number of hydrogen-bond donors (Lipinski definition) is 4. The zero-order valence-corrected chi connectivity index (χ0v) is 18.9. The fourth-order valence-electron chi connectivity index (χ4n) is 4.27. The maximum atomic E-state index is 12.0. The van der Waals surface area contributed by atoms with Crippen LogP contribution in [0.15, 0.2) is 0 Å². The maximum absolute atomic E-state index is 12.0. The molecule has 0 unspecified atom stereocenters. The molecule has 0 bridgehead atoms. The third-order valence-corrected chi connectivity index (χ3v) is 7.54. The number of urea groups is 1. The summed E-state index contributed by atoms with van der Waals surface area (Å²) in [6, 6.07) is 0.544. The second kappa shape index (κ2) is 14.9. The summed E-state index contributed by atoms with van der Waals surface area (Å²) in [6.07, 6.45) is 16.4. The van der Waals surface area contributed by atoms with Crippen molar-refractivity contribution in [2.45, 2.75) is 107 Å². The van der Waals surface area contributed by atoms with E-state index in [0.29, 0.717) is 17.7 Å². The number of nitrogens with one attached hydrogen (secondary N) is 3. The first-order valence-electron chi connectivity index (χ1n) is 11.9. The highest BCUT2D eigenvalue weighted by Gasteiger charge is 2.42. The number of hydrogen-bond acceptors (Lipinski definition) is 4. The van der Waals surface area contributed by atoms with Gasteiger partial charge in [0.15, 0.2) is 0 Å². The van der Waals surface area contributed by atoms with Crippen LogP contribution in [-0.4, -0.2) is 48.1 Å². The molecule has 29 heavy (non-hydrogen) atoms. The van der Waals surface area contributed by atoms with Crippen LogP contribution in [0.1, 0.15) is 89.9 Å².